The summed E-state index contributed by atoms with van der Waals surface area (Å²) in [6.07, 6.45) is 1.37. The minimum Gasteiger partial charge on any atom is -0.378 e. The fourth-order valence-electron chi connectivity index (χ4n) is 2.39. The highest BCUT2D eigenvalue weighted by molar-refractivity contribution is 7.89. The summed E-state index contributed by atoms with van der Waals surface area (Å²) >= 11 is 0. The molecule has 0 spiro atoms. The van der Waals surface area contributed by atoms with Gasteiger partial charge in [-0.3, -0.25) is 0 Å². The van der Waals surface area contributed by atoms with E-state index in [4.69, 9.17) is 4.74 Å². The van der Waals surface area contributed by atoms with Crippen molar-refractivity contribution in [1.29, 1.82) is 0 Å². The van der Waals surface area contributed by atoms with Crippen LogP contribution in [0.1, 0.15) is 25.3 Å². The molecule has 1 aliphatic carbocycles. The second-order valence-electron chi connectivity index (χ2n) is 5.16. The molecular weight excluding hydrogens is 295 g/mol. The molecule has 7 heteroatoms. The summed E-state index contributed by atoms with van der Waals surface area (Å²) in [5.74, 6) is -0.726. The van der Waals surface area contributed by atoms with Gasteiger partial charge in [-0.15, -0.1) is 0 Å². The molecule has 2 N–H and O–H groups in total. The van der Waals surface area contributed by atoms with E-state index in [2.05, 4.69) is 10.0 Å². The predicted molar refractivity (Wildman–Crippen MR) is 77.9 cm³/mol. The Balaban J connectivity index is 2.03. The van der Waals surface area contributed by atoms with E-state index in [0.717, 1.165) is 0 Å². The minimum absolute atomic E-state index is 0.102. The number of hydrogen-bond acceptors (Lipinski definition) is 4. The highest BCUT2D eigenvalue weighted by atomic mass is 32.2. The smallest absolute Gasteiger partial charge is 0.243 e. The lowest BCUT2D eigenvalue weighted by molar-refractivity contribution is -0.00476. The summed E-state index contributed by atoms with van der Waals surface area (Å²) < 4.78 is 46.2. The zero-order chi connectivity index (χ0) is 15.5. The summed E-state index contributed by atoms with van der Waals surface area (Å²) in [5.41, 5.74) is 0.703. The average molecular weight is 316 g/mol. The van der Waals surface area contributed by atoms with E-state index in [-0.39, 0.29) is 17.0 Å². The van der Waals surface area contributed by atoms with Gasteiger partial charge >= 0.3 is 0 Å². The first-order chi connectivity index (χ1) is 9.96. The number of nitrogens with one attached hydrogen (secondary N) is 2. The molecule has 21 heavy (non-hydrogen) atoms. The van der Waals surface area contributed by atoms with Crippen molar-refractivity contribution in [1.82, 2.24) is 10.0 Å². The summed E-state index contributed by atoms with van der Waals surface area (Å²) in [7, 11) is -2.08. The molecule has 1 fully saturated rings. The number of sulfonamides is 1. The van der Waals surface area contributed by atoms with Gasteiger partial charge in [-0.25, -0.2) is 17.5 Å². The second kappa shape index (κ2) is 6.83. The van der Waals surface area contributed by atoms with Gasteiger partial charge in [0.1, 0.15) is 10.7 Å². The third-order valence-corrected chi connectivity index (χ3v) is 5.04. The Morgan fingerprint density at radius 3 is 2.67 bits per heavy atom. The van der Waals surface area contributed by atoms with E-state index in [0.29, 0.717) is 31.6 Å². The van der Waals surface area contributed by atoms with Crippen LogP contribution in [-0.2, 0) is 21.3 Å². The van der Waals surface area contributed by atoms with Crippen molar-refractivity contribution in [2.75, 3.05) is 13.7 Å². The Morgan fingerprint density at radius 1 is 1.38 bits per heavy atom. The number of benzene rings is 1. The molecule has 1 aromatic carbocycles. The molecule has 0 saturated heterocycles. The van der Waals surface area contributed by atoms with Gasteiger partial charge in [0.2, 0.25) is 10.0 Å². The van der Waals surface area contributed by atoms with Crippen molar-refractivity contribution in [3.8, 4) is 0 Å². The highest BCUT2D eigenvalue weighted by Gasteiger charge is 2.33. The molecule has 0 amide bonds. The zero-order valence-electron chi connectivity index (χ0n) is 12.2. The van der Waals surface area contributed by atoms with E-state index in [1.165, 1.54) is 12.1 Å². The van der Waals surface area contributed by atoms with Gasteiger partial charge < -0.3 is 10.1 Å². The van der Waals surface area contributed by atoms with Gasteiger partial charge in [0.25, 0.3) is 0 Å². The minimum atomic E-state index is -3.82. The van der Waals surface area contributed by atoms with E-state index in [1.54, 1.807) is 13.1 Å². The van der Waals surface area contributed by atoms with Crippen LogP contribution >= 0.6 is 0 Å². The standard InChI is InChI=1S/C14H21FN2O3S/c1-3-20-12-7-11(8-12)17-21(18,19)14-5-4-10(9-16-2)6-13(14)15/h4-6,11-12,16-17H,3,7-9H2,1-2H3. The van der Waals surface area contributed by atoms with Crippen LogP contribution in [0.5, 0.6) is 0 Å². The Kier molecular flexibility index (Phi) is 5.32. The first-order valence-electron chi connectivity index (χ1n) is 7.03. The molecule has 1 aromatic rings. The summed E-state index contributed by atoms with van der Waals surface area (Å²) in [6, 6.07) is 3.98. The van der Waals surface area contributed by atoms with Crippen LogP contribution in [0.25, 0.3) is 0 Å². The molecular formula is C14H21FN2O3S. The molecule has 0 bridgehead atoms. The quantitative estimate of drug-likeness (QED) is 0.798. The fourth-order valence-corrected chi connectivity index (χ4v) is 3.71. The van der Waals surface area contributed by atoms with Gasteiger partial charge in [0.15, 0.2) is 0 Å². The third kappa shape index (κ3) is 4.00. The topological polar surface area (TPSA) is 67.4 Å². The molecule has 0 heterocycles. The normalized spacial score (nSPS) is 22.0. The first-order valence-corrected chi connectivity index (χ1v) is 8.51. The van der Waals surface area contributed by atoms with Crippen LogP contribution < -0.4 is 10.0 Å². The van der Waals surface area contributed by atoms with E-state index in [1.807, 2.05) is 6.92 Å². The number of ether oxygens (including phenoxy) is 1. The number of rotatable bonds is 7. The van der Waals surface area contributed by atoms with Crippen LogP contribution in [0.15, 0.2) is 23.1 Å². The van der Waals surface area contributed by atoms with Crippen LogP contribution in [0.4, 0.5) is 4.39 Å². The van der Waals surface area contributed by atoms with Crippen molar-refractivity contribution in [3.63, 3.8) is 0 Å². The second-order valence-corrected chi connectivity index (χ2v) is 6.84. The van der Waals surface area contributed by atoms with Gasteiger partial charge in [-0.05, 0) is 44.5 Å². The SMILES string of the molecule is CCOC1CC(NS(=O)(=O)c2ccc(CNC)cc2F)C1. The van der Waals surface area contributed by atoms with Crippen molar-refractivity contribution >= 4 is 10.0 Å². The van der Waals surface area contributed by atoms with Gasteiger partial charge in [0.05, 0.1) is 6.10 Å². The van der Waals surface area contributed by atoms with Crippen molar-refractivity contribution < 1.29 is 17.5 Å². The lowest BCUT2D eigenvalue weighted by atomic mass is 9.90. The fraction of sp³-hybridized carbons (Fsp3) is 0.571. The Morgan fingerprint density at radius 2 is 2.10 bits per heavy atom. The maximum Gasteiger partial charge on any atom is 0.243 e. The van der Waals surface area contributed by atoms with Crippen molar-refractivity contribution in [3.05, 3.63) is 29.6 Å². The molecule has 0 aromatic heterocycles. The Hall–Kier alpha value is -1.02. The van der Waals surface area contributed by atoms with Crippen molar-refractivity contribution in [2.24, 2.45) is 0 Å². The molecule has 0 radical (unpaired) electrons. The molecule has 1 saturated carbocycles. The summed E-state index contributed by atoms with van der Waals surface area (Å²) in [5, 5.41) is 2.89. The maximum atomic E-state index is 14.0. The monoisotopic (exact) mass is 316 g/mol. The number of halogens is 1. The Labute approximate surface area is 124 Å². The van der Waals surface area contributed by atoms with Crippen LogP contribution in [0, 0.1) is 5.82 Å². The highest BCUT2D eigenvalue weighted by Crippen LogP contribution is 2.26. The van der Waals surface area contributed by atoms with E-state index < -0.39 is 15.8 Å². The summed E-state index contributed by atoms with van der Waals surface area (Å²) in [6.45, 7) is 3.01. The first kappa shape index (κ1) is 16.4. The molecule has 1 aliphatic rings. The van der Waals surface area contributed by atoms with Crippen LogP contribution in [0.2, 0.25) is 0 Å². The lowest BCUT2D eigenvalue weighted by Crippen LogP contribution is -2.47. The largest absolute Gasteiger partial charge is 0.378 e. The van der Waals surface area contributed by atoms with Gasteiger partial charge in [-0.1, -0.05) is 6.07 Å². The molecule has 0 atom stereocenters. The average Bonchev–Trinajstić information content (AvgIpc) is 2.36. The lowest BCUT2D eigenvalue weighted by Gasteiger charge is -2.35. The summed E-state index contributed by atoms with van der Waals surface area (Å²) in [4.78, 5) is -0.304. The van der Waals surface area contributed by atoms with Crippen molar-refractivity contribution in [2.45, 2.75) is 43.4 Å². The number of hydrogen-bond donors (Lipinski definition) is 2. The van der Waals surface area contributed by atoms with Crippen LogP contribution in [-0.4, -0.2) is 34.2 Å². The van der Waals surface area contributed by atoms with Gasteiger partial charge in [-0.2, -0.15) is 0 Å². The van der Waals surface area contributed by atoms with E-state index >= 15 is 0 Å². The molecule has 5 nitrogen and oxygen atoms in total. The maximum absolute atomic E-state index is 14.0. The third-order valence-electron chi connectivity index (χ3n) is 3.49. The molecule has 0 unspecified atom stereocenters. The van der Waals surface area contributed by atoms with Crippen LogP contribution in [0.3, 0.4) is 0 Å². The Bertz CT molecular complexity index is 586. The van der Waals surface area contributed by atoms with Gasteiger partial charge in [0, 0.05) is 19.2 Å². The molecule has 0 aliphatic heterocycles. The predicted octanol–water partition coefficient (Wildman–Crippen LogP) is 1.39. The van der Waals surface area contributed by atoms with E-state index in [9.17, 15) is 12.8 Å². The molecule has 2 rings (SSSR count). The zero-order valence-corrected chi connectivity index (χ0v) is 13.0. The molecule has 118 valence electrons.